The molecule has 0 amide bonds. The van der Waals surface area contributed by atoms with Crippen molar-refractivity contribution in [2.75, 3.05) is 0 Å². The maximum atomic E-state index is 10.5. The lowest BCUT2D eigenvalue weighted by atomic mass is 10.1. The van der Waals surface area contributed by atoms with E-state index in [1.54, 1.807) is 18.2 Å². The summed E-state index contributed by atoms with van der Waals surface area (Å²) < 4.78 is 0. The van der Waals surface area contributed by atoms with Crippen LogP contribution in [-0.2, 0) is 11.2 Å². The van der Waals surface area contributed by atoms with E-state index in [-0.39, 0.29) is 0 Å². The molecule has 0 saturated heterocycles. The molecule has 1 aromatic rings. The summed E-state index contributed by atoms with van der Waals surface area (Å²) >= 11 is 0. The van der Waals surface area contributed by atoms with Crippen LogP contribution in [-0.4, -0.2) is 22.2 Å². The highest BCUT2D eigenvalue weighted by Crippen LogP contribution is 2.05. The third-order valence-corrected chi connectivity index (χ3v) is 1.58. The number of hydrogen-bond donors (Lipinski definition) is 2. The van der Waals surface area contributed by atoms with Gasteiger partial charge < -0.3 is 10.2 Å². The summed E-state index contributed by atoms with van der Waals surface area (Å²) in [7, 11) is 0. The predicted octanol–water partition coefficient (Wildman–Crippen LogP) is 3.45. The summed E-state index contributed by atoms with van der Waals surface area (Å²) in [5, 5.41) is 16.0. The Morgan fingerprint density at radius 3 is 1.89 bits per heavy atom. The van der Waals surface area contributed by atoms with E-state index in [0.29, 0.717) is 5.56 Å². The highest BCUT2D eigenvalue weighted by atomic mass is 16.4. The van der Waals surface area contributed by atoms with Gasteiger partial charge in [0.05, 0.1) is 5.56 Å². The number of carboxylic acids is 2. The number of aliphatic carboxylic acids is 1. The van der Waals surface area contributed by atoms with Crippen molar-refractivity contribution < 1.29 is 19.8 Å². The van der Waals surface area contributed by atoms with Crippen molar-refractivity contribution >= 4 is 11.9 Å². The predicted molar refractivity (Wildman–Crippen MR) is 72.1 cm³/mol. The van der Waals surface area contributed by atoms with Crippen LogP contribution in [0.15, 0.2) is 24.3 Å². The van der Waals surface area contributed by atoms with E-state index < -0.39 is 11.9 Å². The van der Waals surface area contributed by atoms with Crippen LogP contribution in [0.3, 0.4) is 0 Å². The van der Waals surface area contributed by atoms with E-state index in [1.165, 1.54) is 6.42 Å². The summed E-state index contributed by atoms with van der Waals surface area (Å²) in [5.41, 5.74) is 1.43. The van der Waals surface area contributed by atoms with Gasteiger partial charge in [-0.1, -0.05) is 39.3 Å². The second-order valence-corrected chi connectivity index (χ2v) is 3.59. The van der Waals surface area contributed by atoms with Crippen LogP contribution in [0.1, 0.15) is 50.0 Å². The third kappa shape index (κ3) is 12.2. The lowest BCUT2D eigenvalue weighted by molar-refractivity contribution is -0.134. The minimum atomic E-state index is -0.861. The van der Waals surface area contributed by atoms with Crippen LogP contribution in [0, 0.1) is 0 Å². The van der Waals surface area contributed by atoms with Gasteiger partial charge in [-0.3, -0.25) is 4.79 Å². The summed E-state index contributed by atoms with van der Waals surface area (Å²) in [6.07, 6.45) is 2.13. The van der Waals surface area contributed by atoms with Gasteiger partial charge in [-0.15, -0.1) is 0 Å². The Morgan fingerprint density at radius 2 is 1.56 bits per heavy atom. The van der Waals surface area contributed by atoms with Gasteiger partial charge in [-0.25, -0.2) is 4.79 Å². The monoisotopic (exact) mass is 254 g/mol. The number of benzene rings is 1. The van der Waals surface area contributed by atoms with Crippen LogP contribution in [0.4, 0.5) is 0 Å². The van der Waals surface area contributed by atoms with Crippen molar-refractivity contribution in [3.63, 3.8) is 0 Å². The molecule has 0 fully saturated rings. The van der Waals surface area contributed by atoms with E-state index in [4.69, 9.17) is 15.0 Å². The van der Waals surface area contributed by atoms with Crippen LogP contribution in [0.25, 0.3) is 0 Å². The maximum Gasteiger partial charge on any atom is 0.335 e. The number of hydrogen-bond acceptors (Lipinski definition) is 2. The zero-order valence-corrected chi connectivity index (χ0v) is 11.4. The van der Waals surface area contributed by atoms with Gasteiger partial charge in [0.25, 0.3) is 5.97 Å². The molecule has 0 bridgehead atoms. The molecule has 18 heavy (non-hydrogen) atoms. The van der Waals surface area contributed by atoms with Gasteiger partial charge in [0.1, 0.15) is 0 Å². The van der Waals surface area contributed by atoms with E-state index in [9.17, 15) is 4.79 Å². The molecule has 0 aliphatic carbocycles. The Bertz CT molecular complexity index is 355. The Hall–Kier alpha value is -1.84. The van der Waals surface area contributed by atoms with Gasteiger partial charge in [-0.05, 0) is 24.1 Å². The number of carbonyl (C=O) groups is 2. The van der Waals surface area contributed by atoms with Crippen molar-refractivity contribution in [1.29, 1.82) is 0 Å². The third-order valence-electron chi connectivity index (χ3n) is 1.58. The molecule has 102 valence electrons. The first-order valence-corrected chi connectivity index (χ1v) is 5.90. The summed E-state index contributed by atoms with van der Waals surface area (Å²) in [6.45, 7) is 7.33. The highest BCUT2D eigenvalue weighted by Gasteiger charge is 2.00. The molecule has 0 aliphatic rings. The highest BCUT2D eigenvalue weighted by molar-refractivity contribution is 5.87. The van der Waals surface area contributed by atoms with Gasteiger partial charge in [-0.2, -0.15) is 0 Å². The lowest BCUT2D eigenvalue weighted by Gasteiger charge is -1.97. The summed E-state index contributed by atoms with van der Waals surface area (Å²) in [4.78, 5) is 19.5. The molecule has 0 heterocycles. The molecule has 2 N–H and O–H groups in total. The average Bonchev–Trinajstić information content (AvgIpc) is 2.29. The number of aromatic carboxylic acids is 1. The summed E-state index contributed by atoms with van der Waals surface area (Å²) in [5.74, 6) is -1.69. The Kier molecular flexibility index (Phi) is 12.0. The topological polar surface area (TPSA) is 74.6 Å². The van der Waals surface area contributed by atoms with Gasteiger partial charge >= 0.3 is 5.97 Å². The first kappa shape index (κ1) is 18.5. The van der Waals surface area contributed by atoms with Crippen LogP contribution < -0.4 is 0 Å². The Morgan fingerprint density at radius 1 is 1.11 bits per heavy atom. The van der Waals surface area contributed by atoms with E-state index in [1.807, 2.05) is 13.0 Å². The average molecular weight is 254 g/mol. The van der Waals surface area contributed by atoms with Crippen LogP contribution >= 0.6 is 0 Å². The molecule has 0 saturated carbocycles. The molecule has 0 radical (unpaired) electrons. The molecule has 4 nitrogen and oxygen atoms in total. The molecule has 0 aromatic heterocycles. The molecule has 0 atom stereocenters. The number of carboxylic acid groups (broad SMARTS) is 2. The molecular formula is C14H22O4. The van der Waals surface area contributed by atoms with Crippen molar-refractivity contribution in [2.24, 2.45) is 0 Å². The molecule has 0 unspecified atom stereocenters. The molecule has 0 aliphatic heterocycles. The zero-order chi connectivity index (χ0) is 14.6. The standard InChI is InChI=1S/C9H10O2.C3H8.C2H4O2/c1-2-7-4-3-5-8(6-7)9(10)11;1-3-2;1-2(3)4/h3-6H,2H2,1H3,(H,10,11);3H2,1-2H3;1H3,(H,3,4). The fraction of sp³-hybridized carbons (Fsp3) is 0.429. The SMILES string of the molecule is CC(=O)O.CCC.CCc1cccc(C(=O)O)c1. The number of rotatable bonds is 2. The normalized spacial score (nSPS) is 8.22. The Labute approximate surface area is 108 Å². The quantitative estimate of drug-likeness (QED) is 0.847. The van der Waals surface area contributed by atoms with Crippen molar-refractivity contribution in [2.45, 2.75) is 40.5 Å². The minimum Gasteiger partial charge on any atom is -0.481 e. The fourth-order valence-electron chi connectivity index (χ4n) is 0.924. The van der Waals surface area contributed by atoms with Crippen LogP contribution in [0.5, 0.6) is 0 Å². The molecule has 1 rings (SSSR count). The fourth-order valence-corrected chi connectivity index (χ4v) is 0.924. The maximum absolute atomic E-state index is 10.5. The van der Waals surface area contributed by atoms with Crippen LogP contribution in [0.2, 0.25) is 0 Å². The first-order valence-electron chi connectivity index (χ1n) is 5.90. The lowest BCUT2D eigenvalue weighted by Crippen LogP contribution is -1.96. The van der Waals surface area contributed by atoms with Gasteiger partial charge in [0.15, 0.2) is 0 Å². The van der Waals surface area contributed by atoms with E-state index in [0.717, 1.165) is 18.9 Å². The van der Waals surface area contributed by atoms with E-state index in [2.05, 4.69) is 13.8 Å². The molecule has 0 spiro atoms. The van der Waals surface area contributed by atoms with Crippen molar-refractivity contribution in [3.8, 4) is 0 Å². The first-order chi connectivity index (χ1) is 8.38. The van der Waals surface area contributed by atoms with Crippen molar-refractivity contribution in [1.82, 2.24) is 0 Å². The molecular weight excluding hydrogens is 232 g/mol. The molecule has 1 aromatic carbocycles. The smallest absolute Gasteiger partial charge is 0.335 e. The minimum absolute atomic E-state index is 0.365. The second kappa shape index (κ2) is 11.6. The van der Waals surface area contributed by atoms with E-state index >= 15 is 0 Å². The second-order valence-electron chi connectivity index (χ2n) is 3.59. The van der Waals surface area contributed by atoms with Gasteiger partial charge in [0.2, 0.25) is 0 Å². The zero-order valence-electron chi connectivity index (χ0n) is 11.4. The van der Waals surface area contributed by atoms with Crippen molar-refractivity contribution in [3.05, 3.63) is 35.4 Å². The van der Waals surface area contributed by atoms with Gasteiger partial charge in [0, 0.05) is 6.92 Å². The molecule has 4 heteroatoms. The number of aryl methyl sites for hydroxylation is 1. The summed E-state index contributed by atoms with van der Waals surface area (Å²) in [6, 6.07) is 6.98. The largest absolute Gasteiger partial charge is 0.481 e. The Balaban J connectivity index is 0.